The molecule has 1 heterocycles. The van der Waals surface area contributed by atoms with Crippen molar-refractivity contribution in [2.24, 2.45) is 5.92 Å². The van der Waals surface area contributed by atoms with E-state index in [0.29, 0.717) is 19.3 Å². The zero-order valence-electron chi connectivity index (χ0n) is 12.3. The highest BCUT2D eigenvalue weighted by atomic mass is 19.3. The standard InChI is InChI=1S/C14H22F4N2O/c1-9(2)7-10-19-13(5-3-4-6-13)12(21)20(10)8-14(17,18)11(15)16/h9-11,19H,3-8H2,1-2H3. The Balaban J connectivity index is 2.20. The van der Waals surface area contributed by atoms with Crippen LogP contribution < -0.4 is 5.32 Å². The molecule has 0 aromatic heterocycles. The summed E-state index contributed by atoms with van der Waals surface area (Å²) < 4.78 is 51.7. The number of amides is 1. The van der Waals surface area contributed by atoms with Crippen molar-refractivity contribution in [2.45, 2.75) is 70.0 Å². The zero-order valence-corrected chi connectivity index (χ0v) is 12.3. The van der Waals surface area contributed by atoms with Gasteiger partial charge in [-0.3, -0.25) is 10.1 Å². The second-order valence-corrected chi connectivity index (χ2v) is 6.57. The molecule has 1 unspecified atom stereocenters. The predicted molar refractivity (Wildman–Crippen MR) is 70.2 cm³/mol. The minimum atomic E-state index is -4.17. The number of carbonyl (C=O) groups is 1. The summed E-state index contributed by atoms with van der Waals surface area (Å²) >= 11 is 0. The van der Waals surface area contributed by atoms with Gasteiger partial charge in [0.15, 0.2) is 0 Å². The second-order valence-electron chi connectivity index (χ2n) is 6.57. The highest BCUT2D eigenvalue weighted by molar-refractivity contribution is 5.89. The number of halogens is 4. The lowest BCUT2D eigenvalue weighted by atomic mass is 9.98. The largest absolute Gasteiger partial charge is 0.324 e. The number of hydrogen-bond acceptors (Lipinski definition) is 2. The maximum atomic E-state index is 13.4. The molecule has 3 nitrogen and oxygen atoms in total. The van der Waals surface area contributed by atoms with E-state index in [9.17, 15) is 22.4 Å². The average molecular weight is 310 g/mol. The van der Waals surface area contributed by atoms with Gasteiger partial charge in [-0.15, -0.1) is 0 Å². The van der Waals surface area contributed by atoms with Crippen molar-refractivity contribution in [1.82, 2.24) is 10.2 Å². The van der Waals surface area contributed by atoms with Crippen LogP contribution in [0.25, 0.3) is 0 Å². The van der Waals surface area contributed by atoms with E-state index < -0.39 is 36.5 Å². The third-order valence-electron chi connectivity index (χ3n) is 4.34. The molecule has 0 aromatic rings. The Bertz CT molecular complexity index is 394. The van der Waals surface area contributed by atoms with E-state index in [1.165, 1.54) is 0 Å². The number of alkyl halides is 4. The van der Waals surface area contributed by atoms with Crippen molar-refractivity contribution in [3.8, 4) is 0 Å². The van der Waals surface area contributed by atoms with Gasteiger partial charge in [0.1, 0.15) is 0 Å². The first-order valence-corrected chi connectivity index (χ1v) is 7.43. The van der Waals surface area contributed by atoms with E-state index in [4.69, 9.17) is 0 Å². The van der Waals surface area contributed by atoms with Crippen molar-refractivity contribution in [2.75, 3.05) is 6.54 Å². The van der Waals surface area contributed by atoms with Crippen molar-refractivity contribution in [3.05, 3.63) is 0 Å². The Morgan fingerprint density at radius 1 is 1.33 bits per heavy atom. The first kappa shape index (κ1) is 16.5. The molecule has 1 N–H and O–H groups in total. The van der Waals surface area contributed by atoms with Crippen LogP contribution in [0.5, 0.6) is 0 Å². The first-order valence-electron chi connectivity index (χ1n) is 7.43. The van der Waals surface area contributed by atoms with E-state index in [-0.39, 0.29) is 5.92 Å². The summed E-state index contributed by atoms with van der Waals surface area (Å²) in [7, 11) is 0. The molecule has 2 fully saturated rings. The zero-order chi connectivity index (χ0) is 15.8. The van der Waals surface area contributed by atoms with Gasteiger partial charge in [-0.2, -0.15) is 8.78 Å². The molecule has 0 bridgehead atoms. The van der Waals surface area contributed by atoms with E-state index in [0.717, 1.165) is 17.7 Å². The van der Waals surface area contributed by atoms with Crippen LogP contribution in [0.1, 0.15) is 46.0 Å². The van der Waals surface area contributed by atoms with Gasteiger partial charge in [-0.05, 0) is 25.2 Å². The summed E-state index contributed by atoms with van der Waals surface area (Å²) in [5.41, 5.74) is -0.808. The number of nitrogens with one attached hydrogen (secondary N) is 1. The average Bonchev–Trinajstić information content (AvgIpc) is 2.91. The van der Waals surface area contributed by atoms with Crippen molar-refractivity contribution >= 4 is 5.91 Å². The van der Waals surface area contributed by atoms with Crippen molar-refractivity contribution < 1.29 is 22.4 Å². The van der Waals surface area contributed by atoms with Crippen LogP contribution in [-0.4, -0.2) is 41.4 Å². The minimum Gasteiger partial charge on any atom is -0.319 e. The summed E-state index contributed by atoms with van der Waals surface area (Å²) in [6, 6.07) is 0. The Kier molecular flexibility index (Phi) is 4.52. The Morgan fingerprint density at radius 3 is 2.38 bits per heavy atom. The smallest absolute Gasteiger partial charge is 0.319 e. The monoisotopic (exact) mass is 310 g/mol. The molecule has 21 heavy (non-hydrogen) atoms. The molecule has 1 saturated carbocycles. The van der Waals surface area contributed by atoms with E-state index >= 15 is 0 Å². The fourth-order valence-corrected chi connectivity index (χ4v) is 3.32. The molecular weight excluding hydrogens is 288 g/mol. The van der Waals surface area contributed by atoms with Crippen LogP contribution >= 0.6 is 0 Å². The van der Waals surface area contributed by atoms with Gasteiger partial charge in [0.25, 0.3) is 0 Å². The lowest BCUT2D eigenvalue weighted by Gasteiger charge is -2.29. The molecule has 1 amide bonds. The van der Waals surface area contributed by atoms with Gasteiger partial charge in [0.05, 0.1) is 18.2 Å². The summed E-state index contributed by atoms with van der Waals surface area (Å²) in [5.74, 6) is -4.43. The van der Waals surface area contributed by atoms with Gasteiger partial charge in [-0.25, -0.2) is 8.78 Å². The van der Waals surface area contributed by atoms with Crippen LogP contribution in [0.3, 0.4) is 0 Å². The number of rotatable bonds is 5. The molecule has 122 valence electrons. The molecule has 0 aromatic carbocycles. The molecule has 2 aliphatic rings. The Hall–Kier alpha value is -0.850. The summed E-state index contributed by atoms with van der Waals surface area (Å²) in [4.78, 5) is 13.4. The topological polar surface area (TPSA) is 32.3 Å². The van der Waals surface area contributed by atoms with Gasteiger partial charge < -0.3 is 4.90 Å². The minimum absolute atomic E-state index is 0.175. The Labute approximate surface area is 122 Å². The lowest BCUT2D eigenvalue weighted by Crippen LogP contribution is -2.48. The summed E-state index contributed by atoms with van der Waals surface area (Å²) in [6.07, 6.45) is -0.968. The fraction of sp³-hybridized carbons (Fsp3) is 0.929. The molecule has 2 rings (SSSR count). The highest BCUT2D eigenvalue weighted by Crippen LogP contribution is 2.39. The SMILES string of the molecule is CC(C)CC1NC2(CCCC2)C(=O)N1CC(F)(F)C(F)F. The molecule has 1 atom stereocenters. The molecule has 1 aliphatic carbocycles. The summed E-state index contributed by atoms with van der Waals surface area (Å²) in [5, 5.41) is 3.16. The third-order valence-corrected chi connectivity index (χ3v) is 4.34. The van der Waals surface area contributed by atoms with Crippen molar-refractivity contribution in [1.29, 1.82) is 0 Å². The van der Waals surface area contributed by atoms with Crippen LogP contribution in [0.15, 0.2) is 0 Å². The number of hydrogen-bond donors (Lipinski definition) is 1. The first-order chi connectivity index (χ1) is 9.68. The van der Waals surface area contributed by atoms with Gasteiger partial charge in [0, 0.05) is 0 Å². The van der Waals surface area contributed by atoms with Gasteiger partial charge in [0.2, 0.25) is 5.91 Å². The highest BCUT2D eigenvalue weighted by Gasteiger charge is 2.55. The van der Waals surface area contributed by atoms with Crippen LogP contribution in [-0.2, 0) is 4.79 Å². The molecule has 1 aliphatic heterocycles. The predicted octanol–water partition coefficient (Wildman–Crippen LogP) is 3.00. The Morgan fingerprint density at radius 2 is 1.90 bits per heavy atom. The van der Waals surface area contributed by atoms with E-state index in [2.05, 4.69) is 5.32 Å². The third kappa shape index (κ3) is 3.17. The van der Waals surface area contributed by atoms with Crippen LogP contribution in [0.4, 0.5) is 17.6 Å². The van der Waals surface area contributed by atoms with Crippen LogP contribution in [0, 0.1) is 5.92 Å². The van der Waals surface area contributed by atoms with Crippen molar-refractivity contribution in [3.63, 3.8) is 0 Å². The number of nitrogens with zero attached hydrogens (tertiary/aromatic N) is 1. The lowest BCUT2D eigenvalue weighted by molar-refractivity contribution is -0.158. The normalized spacial score (nSPS) is 25.8. The maximum Gasteiger partial charge on any atom is 0.324 e. The molecular formula is C14H22F4N2O. The maximum absolute atomic E-state index is 13.4. The van der Waals surface area contributed by atoms with Gasteiger partial charge >= 0.3 is 12.3 Å². The quantitative estimate of drug-likeness (QED) is 0.792. The molecule has 0 radical (unpaired) electrons. The van der Waals surface area contributed by atoms with Gasteiger partial charge in [-0.1, -0.05) is 26.7 Å². The van der Waals surface area contributed by atoms with E-state index in [1.807, 2.05) is 13.8 Å². The van der Waals surface area contributed by atoms with E-state index in [1.54, 1.807) is 0 Å². The second kappa shape index (κ2) is 5.74. The fourth-order valence-electron chi connectivity index (χ4n) is 3.32. The molecule has 1 spiro atoms. The molecule has 7 heteroatoms. The summed E-state index contributed by atoms with van der Waals surface area (Å²) in [6.45, 7) is 2.61. The molecule has 1 saturated heterocycles. The number of carbonyl (C=O) groups excluding carboxylic acids is 1. The van der Waals surface area contributed by atoms with Crippen LogP contribution in [0.2, 0.25) is 0 Å².